The van der Waals surface area contributed by atoms with Crippen molar-refractivity contribution in [2.24, 2.45) is 4.99 Å². The van der Waals surface area contributed by atoms with Crippen LogP contribution in [-0.2, 0) is 16.0 Å². The molecule has 0 saturated heterocycles. The van der Waals surface area contributed by atoms with E-state index in [0.29, 0.717) is 19.0 Å². The van der Waals surface area contributed by atoms with Gasteiger partial charge in [0, 0.05) is 11.8 Å². The van der Waals surface area contributed by atoms with Gasteiger partial charge in [-0.15, -0.1) is 0 Å². The van der Waals surface area contributed by atoms with Crippen molar-refractivity contribution in [3.05, 3.63) is 17.7 Å². The molecule has 3 rings (SSSR count). The molecule has 6 nitrogen and oxygen atoms in total. The van der Waals surface area contributed by atoms with Gasteiger partial charge in [-0.25, -0.2) is 4.79 Å². The van der Waals surface area contributed by atoms with E-state index in [1.807, 2.05) is 32.9 Å². The van der Waals surface area contributed by atoms with E-state index in [2.05, 4.69) is 9.89 Å². The van der Waals surface area contributed by atoms with E-state index in [1.165, 1.54) is 5.56 Å². The molecule has 2 aliphatic heterocycles. The molecule has 24 heavy (non-hydrogen) atoms. The zero-order valence-corrected chi connectivity index (χ0v) is 14.7. The lowest BCUT2D eigenvalue weighted by Gasteiger charge is -2.34. The minimum absolute atomic E-state index is 0.0168. The second kappa shape index (κ2) is 6.71. The summed E-state index contributed by atoms with van der Waals surface area (Å²) in [6, 6.07) is 4.02. The fourth-order valence-electron chi connectivity index (χ4n) is 3.30. The van der Waals surface area contributed by atoms with Gasteiger partial charge in [-0.1, -0.05) is 0 Å². The molecule has 2 heterocycles. The first-order chi connectivity index (χ1) is 11.5. The van der Waals surface area contributed by atoms with Crippen molar-refractivity contribution < 1.29 is 19.0 Å². The van der Waals surface area contributed by atoms with Crippen LogP contribution in [0, 0.1) is 0 Å². The van der Waals surface area contributed by atoms with Crippen molar-refractivity contribution in [3.8, 4) is 11.5 Å². The van der Waals surface area contributed by atoms with Crippen LogP contribution < -0.4 is 14.4 Å². The summed E-state index contributed by atoms with van der Waals surface area (Å²) in [6.45, 7) is 6.62. The largest absolute Gasteiger partial charge is 0.493 e. The molecular weight excluding hydrogens is 308 g/mol. The molecule has 130 valence electrons. The summed E-state index contributed by atoms with van der Waals surface area (Å²) in [5, 5.41) is 0. The standard InChI is InChI=1S/C18H24N2O4/c1-5-23-18(21)17-13-7-6-12-8-15(22-4)16(24-11(2)3)9-14(12)20(13)10-19-17/h8-9,11,13H,5-7,10H2,1-4H3. The van der Waals surface area contributed by atoms with Crippen LogP contribution in [-0.4, -0.2) is 44.2 Å². The van der Waals surface area contributed by atoms with Crippen molar-refractivity contribution in [1.82, 2.24) is 0 Å². The highest BCUT2D eigenvalue weighted by Gasteiger charge is 2.38. The highest BCUT2D eigenvalue weighted by atomic mass is 16.5. The fraction of sp³-hybridized carbons (Fsp3) is 0.556. The number of carbonyl (C=O) groups is 1. The first-order valence-corrected chi connectivity index (χ1v) is 8.40. The average molecular weight is 332 g/mol. The van der Waals surface area contributed by atoms with Crippen LogP contribution in [0.3, 0.4) is 0 Å². The van der Waals surface area contributed by atoms with Gasteiger partial charge in [0.25, 0.3) is 0 Å². The third kappa shape index (κ3) is 2.92. The van der Waals surface area contributed by atoms with E-state index >= 15 is 0 Å². The van der Waals surface area contributed by atoms with Crippen molar-refractivity contribution in [3.63, 3.8) is 0 Å². The van der Waals surface area contributed by atoms with Crippen LogP contribution in [0.4, 0.5) is 5.69 Å². The molecule has 1 aromatic carbocycles. The summed E-state index contributed by atoms with van der Waals surface area (Å²) in [5.74, 6) is 1.16. The first kappa shape index (κ1) is 16.6. The number of esters is 1. The molecule has 0 amide bonds. The SMILES string of the molecule is CCOC(=O)C1=NCN2c3cc(OC(C)C)c(OC)cc3CCC12. The van der Waals surface area contributed by atoms with Crippen molar-refractivity contribution in [2.75, 3.05) is 25.3 Å². The third-order valence-electron chi connectivity index (χ3n) is 4.29. The zero-order valence-electron chi connectivity index (χ0n) is 14.7. The van der Waals surface area contributed by atoms with Crippen LogP contribution in [0.1, 0.15) is 32.8 Å². The molecule has 0 N–H and O–H groups in total. The van der Waals surface area contributed by atoms with E-state index < -0.39 is 0 Å². The molecule has 0 fully saturated rings. The Bertz CT molecular complexity index is 669. The molecule has 0 spiro atoms. The number of methoxy groups -OCH3 is 1. The molecule has 0 aromatic heterocycles. The topological polar surface area (TPSA) is 60.4 Å². The zero-order chi connectivity index (χ0) is 17.3. The van der Waals surface area contributed by atoms with E-state index in [4.69, 9.17) is 14.2 Å². The van der Waals surface area contributed by atoms with Crippen LogP contribution in [0.25, 0.3) is 0 Å². The number of benzene rings is 1. The number of rotatable bonds is 5. The fourth-order valence-corrected chi connectivity index (χ4v) is 3.30. The smallest absolute Gasteiger partial charge is 0.354 e. The molecule has 1 atom stereocenters. The number of aliphatic imine (C=N–C) groups is 1. The predicted molar refractivity (Wildman–Crippen MR) is 92.3 cm³/mol. The predicted octanol–water partition coefficient (Wildman–Crippen LogP) is 2.58. The Morgan fingerprint density at radius 2 is 2.17 bits per heavy atom. The van der Waals surface area contributed by atoms with Gasteiger partial charge in [-0.3, -0.25) is 4.99 Å². The van der Waals surface area contributed by atoms with E-state index in [-0.39, 0.29) is 18.1 Å². The lowest BCUT2D eigenvalue weighted by Crippen LogP contribution is -2.42. The van der Waals surface area contributed by atoms with Gasteiger partial charge in [0.1, 0.15) is 12.4 Å². The Morgan fingerprint density at radius 3 is 2.83 bits per heavy atom. The van der Waals surface area contributed by atoms with Gasteiger partial charge in [0.2, 0.25) is 0 Å². The second-order valence-corrected chi connectivity index (χ2v) is 6.23. The minimum atomic E-state index is -0.305. The first-order valence-electron chi connectivity index (χ1n) is 8.40. The van der Waals surface area contributed by atoms with Crippen molar-refractivity contribution in [1.29, 1.82) is 0 Å². The number of ether oxygens (including phenoxy) is 3. The molecule has 6 heteroatoms. The summed E-state index contributed by atoms with van der Waals surface area (Å²) in [6.07, 6.45) is 1.77. The van der Waals surface area contributed by atoms with Crippen LogP contribution in [0.5, 0.6) is 11.5 Å². The number of nitrogens with zero attached hydrogens (tertiary/aromatic N) is 2. The molecule has 2 aliphatic rings. The Morgan fingerprint density at radius 1 is 1.38 bits per heavy atom. The van der Waals surface area contributed by atoms with Crippen molar-refractivity contribution >= 4 is 17.4 Å². The third-order valence-corrected chi connectivity index (χ3v) is 4.29. The summed E-state index contributed by atoms with van der Waals surface area (Å²) in [5.41, 5.74) is 2.79. The second-order valence-electron chi connectivity index (χ2n) is 6.23. The van der Waals surface area contributed by atoms with E-state index in [9.17, 15) is 4.79 Å². The average Bonchev–Trinajstić information content (AvgIpc) is 2.98. The minimum Gasteiger partial charge on any atom is -0.493 e. The van der Waals surface area contributed by atoms with Gasteiger partial charge in [0.15, 0.2) is 11.5 Å². The molecular formula is C18H24N2O4. The molecule has 0 radical (unpaired) electrons. The van der Waals surface area contributed by atoms with Gasteiger partial charge in [-0.2, -0.15) is 0 Å². The number of anilines is 1. The summed E-state index contributed by atoms with van der Waals surface area (Å²) < 4.78 is 16.5. The van der Waals surface area contributed by atoms with Gasteiger partial charge >= 0.3 is 5.97 Å². The lowest BCUT2D eigenvalue weighted by atomic mass is 9.93. The Hall–Kier alpha value is -2.24. The van der Waals surface area contributed by atoms with Crippen LogP contribution in [0.2, 0.25) is 0 Å². The van der Waals surface area contributed by atoms with Gasteiger partial charge in [0.05, 0.1) is 25.9 Å². The monoisotopic (exact) mass is 332 g/mol. The van der Waals surface area contributed by atoms with Gasteiger partial charge < -0.3 is 19.1 Å². The van der Waals surface area contributed by atoms with Crippen molar-refractivity contribution in [2.45, 2.75) is 45.8 Å². The highest BCUT2D eigenvalue weighted by molar-refractivity contribution is 6.40. The Balaban J connectivity index is 1.91. The van der Waals surface area contributed by atoms with Crippen LogP contribution >= 0.6 is 0 Å². The molecule has 1 aromatic rings. The lowest BCUT2D eigenvalue weighted by molar-refractivity contribution is -0.135. The number of hydrogen-bond acceptors (Lipinski definition) is 6. The summed E-state index contributed by atoms with van der Waals surface area (Å²) in [4.78, 5) is 18.7. The number of fused-ring (bicyclic) bond motifs is 3. The molecule has 0 bridgehead atoms. The quantitative estimate of drug-likeness (QED) is 0.776. The Labute approximate surface area is 142 Å². The Kier molecular flexibility index (Phi) is 4.64. The molecule has 0 saturated carbocycles. The maximum atomic E-state index is 12.1. The number of aryl methyl sites for hydroxylation is 1. The normalized spacial score (nSPS) is 18.8. The summed E-state index contributed by atoms with van der Waals surface area (Å²) >= 11 is 0. The summed E-state index contributed by atoms with van der Waals surface area (Å²) in [7, 11) is 1.65. The maximum absolute atomic E-state index is 12.1. The number of carbonyl (C=O) groups excluding carboxylic acids is 1. The van der Waals surface area contributed by atoms with E-state index in [0.717, 1.165) is 30.0 Å². The van der Waals surface area contributed by atoms with E-state index in [1.54, 1.807) is 7.11 Å². The van der Waals surface area contributed by atoms with Gasteiger partial charge in [-0.05, 0) is 45.2 Å². The maximum Gasteiger partial charge on any atom is 0.354 e. The molecule has 1 unspecified atom stereocenters. The van der Waals surface area contributed by atoms with Crippen LogP contribution in [0.15, 0.2) is 17.1 Å². The highest BCUT2D eigenvalue weighted by Crippen LogP contribution is 2.41. The number of hydrogen-bond donors (Lipinski definition) is 0. The molecule has 0 aliphatic carbocycles.